The molecule has 4 aliphatic rings. The molecule has 1 aromatic carbocycles. The summed E-state index contributed by atoms with van der Waals surface area (Å²) in [5.74, 6) is -0.640. The number of anilines is 1. The Bertz CT molecular complexity index is 932. The predicted octanol–water partition coefficient (Wildman–Crippen LogP) is 1.91. The molecule has 2 aliphatic heterocycles. The van der Waals surface area contributed by atoms with Crippen molar-refractivity contribution in [2.45, 2.75) is 69.7 Å². The Kier molecular flexibility index (Phi) is 5.45. The normalized spacial score (nSPS) is 34.3. The van der Waals surface area contributed by atoms with E-state index in [0.29, 0.717) is 34.2 Å². The number of rotatable bonds is 5. The highest BCUT2D eigenvalue weighted by Crippen LogP contribution is 2.54. The molecule has 2 saturated carbocycles. The Morgan fingerprint density at radius 2 is 1.91 bits per heavy atom. The summed E-state index contributed by atoms with van der Waals surface area (Å²) in [5, 5.41) is 20.0. The quantitative estimate of drug-likeness (QED) is 0.521. The Labute approximate surface area is 188 Å². The van der Waals surface area contributed by atoms with Crippen molar-refractivity contribution in [1.82, 2.24) is 15.5 Å². The summed E-state index contributed by atoms with van der Waals surface area (Å²) in [7, 11) is 2.05. The first-order valence-corrected chi connectivity index (χ1v) is 11.8. The van der Waals surface area contributed by atoms with Crippen LogP contribution in [0.25, 0.3) is 0 Å². The van der Waals surface area contributed by atoms with Crippen LogP contribution in [0.4, 0.5) is 5.69 Å². The van der Waals surface area contributed by atoms with Crippen molar-refractivity contribution in [2.75, 3.05) is 18.9 Å². The molecule has 2 aliphatic carbocycles. The number of piperidine rings is 1. The number of hydrogen-bond donors (Lipinski definition) is 4. The SMILES string of the molecule is CNC1CCC2(CC1)CC(CNc1cccc3c1C(=O)N(C1CCC(=O)NC1=O)C3O)C2. The van der Waals surface area contributed by atoms with Gasteiger partial charge in [0.15, 0.2) is 6.23 Å². The molecule has 3 amide bonds. The number of carbonyl (C=O) groups is 3. The van der Waals surface area contributed by atoms with E-state index in [4.69, 9.17) is 0 Å². The van der Waals surface area contributed by atoms with Gasteiger partial charge < -0.3 is 15.7 Å². The van der Waals surface area contributed by atoms with E-state index in [9.17, 15) is 19.5 Å². The van der Waals surface area contributed by atoms with Gasteiger partial charge in [-0.2, -0.15) is 0 Å². The fourth-order valence-electron chi connectivity index (χ4n) is 6.31. The minimum Gasteiger partial charge on any atom is -0.384 e. The first-order chi connectivity index (χ1) is 15.4. The van der Waals surface area contributed by atoms with Crippen LogP contribution in [0.2, 0.25) is 0 Å². The van der Waals surface area contributed by atoms with Crippen molar-refractivity contribution in [3.63, 3.8) is 0 Å². The molecule has 1 aromatic rings. The Balaban J connectivity index is 1.24. The van der Waals surface area contributed by atoms with Gasteiger partial charge in [0.25, 0.3) is 5.91 Å². The van der Waals surface area contributed by atoms with Crippen molar-refractivity contribution >= 4 is 23.4 Å². The maximum atomic E-state index is 13.2. The number of carbonyl (C=O) groups excluding carboxylic acids is 3. The zero-order valence-corrected chi connectivity index (χ0v) is 18.5. The van der Waals surface area contributed by atoms with E-state index in [1.807, 2.05) is 19.2 Å². The molecule has 0 aromatic heterocycles. The number of fused-ring (bicyclic) bond motifs is 1. The average molecular weight is 441 g/mol. The number of nitrogens with one attached hydrogen (secondary N) is 3. The van der Waals surface area contributed by atoms with Gasteiger partial charge in [-0.15, -0.1) is 0 Å². The minimum atomic E-state index is -1.18. The first kappa shape index (κ1) is 21.4. The number of amides is 3. The number of aliphatic hydroxyl groups is 1. The summed E-state index contributed by atoms with van der Waals surface area (Å²) in [6.07, 6.45) is 6.75. The summed E-state index contributed by atoms with van der Waals surface area (Å²) < 4.78 is 0. The Morgan fingerprint density at radius 3 is 2.59 bits per heavy atom. The van der Waals surface area contributed by atoms with E-state index in [1.165, 1.54) is 43.4 Å². The number of benzene rings is 1. The van der Waals surface area contributed by atoms with Crippen molar-refractivity contribution < 1.29 is 19.5 Å². The smallest absolute Gasteiger partial charge is 0.259 e. The van der Waals surface area contributed by atoms with Crippen LogP contribution in [-0.2, 0) is 9.59 Å². The first-order valence-electron chi connectivity index (χ1n) is 11.8. The van der Waals surface area contributed by atoms with Crippen LogP contribution < -0.4 is 16.0 Å². The molecule has 2 unspecified atom stereocenters. The lowest BCUT2D eigenvalue weighted by Crippen LogP contribution is -2.53. The molecule has 2 atom stereocenters. The van der Waals surface area contributed by atoms with Gasteiger partial charge in [0.05, 0.1) is 5.56 Å². The van der Waals surface area contributed by atoms with Crippen LogP contribution in [0.1, 0.15) is 73.5 Å². The van der Waals surface area contributed by atoms with Crippen LogP contribution in [0.3, 0.4) is 0 Å². The standard InChI is InChI=1S/C24H32N4O4/c1-25-15-7-9-24(10-8-15)11-14(12-24)13-26-17-4-2-3-16-20(17)23(32)28(22(16)31)18-5-6-19(29)27-21(18)30/h2-4,14-15,18,22,25-26,31H,5-13H2,1H3,(H,27,29,30). The van der Waals surface area contributed by atoms with Crippen LogP contribution in [0.15, 0.2) is 18.2 Å². The Morgan fingerprint density at radius 1 is 1.16 bits per heavy atom. The second-order valence-electron chi connectivity index (χ2n) is 10.0. The third-order valence-electron chi connectivity index (χ3n) is 8.11. The van der Waals surface area contributed by atoms with Crippen molar-refractivity contribution in [3.05, 3.63) is 29.3 Å². The molecule has 172 valence electrons. The summed E-state index contributed by atoms with van der Waals surface area (Å²) >= 11 is 0. The monoisotopic (exact) mass is 440 g/mol. The van der Waals surface area contributed by atoms with E-state index < -0.39 is 18.2 Å². The molecule has 8 heteroatoms. The molecule has 0 bridgehead atoms. The van der Waals surface area contributed by atoms with Crippen molar-refractivity contribution in [3.8, 4) is 0 Å². The lowest BCUT2D eigenvalue weighted by atomic mass is 9.55. The zero-order valence-electron chi connectivity index (χ0n) is 18.5. The molecule has 5 rings (SSSR count). The molecule has 0 radical (unpaired) electrons. The van der Waals surface area contributed by atoms with Gasteiger partial charge in [0.2, 0.25) is 11.8 Å². The third-order valence-corrected chi connectivity index (χ3v) is 8.11. The van der Waals surface area contributed by atoms with E-state index in [-0.39, 0.29) is 24.7 Å². The van der Waals surface area contributed by atoms with E-state index in [1.54, 1.807) is 6.07 Å². The number of imide groups is 1. The van der Waals surface area contributed by atoms with Gasteiger partial charge in [0.1, 0.15) is 6.04 Å². The summed E-state index contributed by atoms with van der Waals surface area (Å²) in [6, 6.07) is 5.24. The molecule has 2 heterocycles. The molecule has 3 fully saturated rings. The minimum absolute atomic E-state index is 0.160. The topological polar surface area (TPSA) is 111 Å². The third kappa shape index (κ3) is 3.59. The van der Waals surface area contributed by atoms with Gasteiger partial charge in [-0.05, 0) is 69.4 Å². The molecule has 4 N–H and O–H groups in total. The van der Waals surface area contributed by atoms with Crippen LogP contribution in [0, 0.1) is 11.3 Å². The van der Waals surface area contributed by atoms with Crippen molar-refractivity contribution in [2.24, 2.45) is 11.3 Å². The predicted molar refractivity (Wildman–Crippen MR) is 119 cm³/mol. The summed E-state index contributed by atoms with van der Waals surface area (Å²) in [4.78, 5) is 38.3. The second kappa shape index (κ2) is 8.15. The molecule has 32 heavy (non-hydrogen) atoms. The van der Waals surface area contributed by atoms with Crippen LogP contribution in [-0.4, -0.2) is 53.4 Å². The fourth-order valence-corrected chi connectivity index (χ4v) is 6.31. The fraction of sp³-hybridized carbons (Fsp3) is 0.625. The van der Waals surface area contributed by atoms with Gasteiger partial charge in [0, 0.05) is 30.3 Å². The molecule has 1 spiro atoms. The molecular formula is C24H32N4O4. The highest BCUT2D eigenvalue weighted by Gasteiger charge is 2.47. The van der Waals surface area contributed by atoms with Gasteiger partial charge >= 0.3 is 0 Å². The van der Waals surface area contributed by atoms with E-state index in [0.717, 1.165) is 6.54 Å². The largest absolute Gasteiger partial charge is 0.384 e. The number of aliphatic hydroxyl groups excluding tert-OH is 1. The summed E-state index contributed by atoms with van der Waals surface area (Å²) in [6.45, 7) is 0.801. The molecule has 8 nitrogen and oxygen atoms in total. The molecule has 1 saturated heterocycles. The maximum absolute atomic E-state index is 13.2. The second-order valence-corrected chi connectivity index (χ2v) is 10.0. The number of hydrogen-bond acceptors (Lipinski definition) is 6. The van der Waals surface area contributed by atoms with E-state index >= 15 is 0 Å². The Hall–Kier alpha value is -2.45. The lowest BCUT2D eigenvalue weighted by molar-refractivity contribution is -0.139. The summed E-state index contributed by atoms with van der Waals surface area (Å²) in [5.41, 5.74) is 2.17. The number of nitrogens with zero attached hydrogens (tertiary/aromatic N) is 1. The van der Waals surface area contributed by atoms with Gasteiger partial charge in [-0.1, -0.05) is 12.1 Å². The highest BCUT2D eigenvalue weighted by molar-refractivity contribution is 6.08. The van der Waals surface area contributed by atoms with Gasteiger partial charge in [-0.3, -0.25) is 24.6 Å². The zero-order chi connectivity index (χ0) is 22.5. The van der Waals surface area contributed by atoms with E-state index in [2.05, 4.69) is 16.0 Å². The lowest BCUT2D eigenvalue weighted by Gasteiger charge is -2.52. The maximum Gasteiger partial charge on any atom is 0.259 e. The molecular weight excluding hydrogens is 408 g/mol. The van der Waals surface area contributed by atoms with Crippen LogP contribution in [0.5, 0.6) is 0 Å². The van der Waals surface area contributed by atoms with Crippen molar-refractivity contribution in [1.29, 1.82) is 0 Å². The van der Waals surface area contributed by atoms with Gasteiger partial charge in [-0.25, -0.2) is 0 Å². The average Bonchev–Trinajstić information content (AvgIpc) is 3.02. The highest BCUT2D eigenvalue weighted by atomic mass is 16.3. The van der Waals surface area contributed by atoms with Crippen LogP contribution >= 0.6 is 0 Å².